The number of nitrogens with two attached hydrogens (primary N) is 1. The summed E-state index contributed by atoms with van der Waals surface area (Å²) in [5.41, 5.74) is 9.62. The molecule has 154 valence electrons. The number of hydrogen-bond acceptors (Lipinski definition) is 4. The number of rotatable bonds is 7. The zero-order chi connectivity index (χ0) is 21.7. The summed E-state index contributed by atoms with van der Waals surface area (Å²) in [6.45, 7) is 6.01. The second-order valence-electron chi connectivity index (χ2n) is 7.19. The van der Waals surface area contributed by atoms with Gasteiger partial charge in [-0.2, -0.15) is 0 Å². The van der Waals surface area contributed by atoms with Crippen molar-refractivity contribution in [2.24, 2.45) is 5.73 Å². The largest absolute Gasteiger partial charge is 0.374 e. The molecule has 0 saturated carbocycles. The summed E-state index contributed by atoms with van der Waals surface area (Å²) in [4.78, 5) is 25.9. The Bertz CT molecular complexity index is 1050. The van der Waals surface area contributed by atoms with Crippen LogP contribution in [0.15, 0.2) is 76.5 Å². The fraction of sp³-hybridized carbons (Fsp3) is 0.167. The number of amides is 2. The molecule has 0 aliphatic rings. The lowest BCUT2D eigenvalue weighted by Gasteiger charge is -2.16. The normalized spacial score (nSPS) is 11.6. The van der Waals surface area contributed by atoms with Crippen LogP contribution in [0.1, 0.15) is 28.4 Å². The van der Waals surface area contributed by atoms with E-state index in [1.807, 2.05) is 24.3 Å². The van der Waals surface area contributed by atoms with Gasteiger partial charge in [0.25, 0.3) is 0 Å². The van der Waals surface area contributed by atoms with Gasteiger partial charge in [-0.3, -0.25) is 9.59 Å². The Morgan fingerprint density at radius 3 is 2.13 bits per heavy atom. The van der Waals surface area contributed by atoms with Gasteiger partial charge in [-0.15, -0.1) is 0 Å². The highest BCUT2D eigenvalue weighted by molar-refractivity contribution is 7.99. The molecule has 3 rings (SSSR count). The first-order valence-electron chi connectivity index (χ1n) is 9.64. The van der Waals surface area contributed by atoms with E-state index < -0.39 is 11.9 Å². The van der Waals surface area contributed by atoms with Gasteiger partial charge in [0.1, 0.15) is 6.04 Å². The van der Waals surface area contributed by atoms with E-state index in [0.29, 0.717) is 11.3 Å². The first-order chi connectivity index (χ1) is 14.3. The molecule has 5 nitrogen and oxygen atoms in total. The summed E-state index contributed by atoms with van der Waals surface area (Å²) in [5, 5.41) is 6.03. The summed E-state index contributed by atoms with van der Waals surface area (Å²) in [6.07, 6.45) is 0. The highest BCUT2D eigenvalue weighted by Gasteiger charge is 2.13. The molecule has 30 heavy (non-hydrogen) atoms. The van der Waals surface area contributed by atoms with Crippen LogP contribution in [0.4, 0.5) is 11.4 Å². The zero-order valence-corrected chi connectivity index (χ0v) is 18.0. The summed E-state index contributed by atoms with van der Waals surface area (Å²) in [7, 11) is 0. The molecule has 3 aromatic rings. The molecule has 0 unspecified atom stereocenters. The summed E-state index contributed by atoms with van der Waals surface area (Å²) in [5.74, 6) is -0.669. The van der Waals surface area contributed by atoms with E-state index in [0.717, 1.165) is 10.6 Å². The number of carbonyl (C=O) groups is 2. The number of hydrogen-bond donors (Lipinski definition) is 3. The third kappa shape index (κ3) is 5.64. The Kier molecular flexibility index (Phi) is 6.79. The molecule has 0 spiro atoms. The highest BCUT2D eigenvalue weighted by atomic mass is 32.2. The van der Waals surface area contributed by atoms with Crippen LogP contribution in [0, 0.1) is 13.8 Å². The quantitative estimate of drug-likeness (QED) is 0.504. The third-order valence-corrected chi connectivity index (χ3v) is 5.81. The topological polar surface area (TPSA) is 84.2 Å². The van der Waals surface area contributed by atoms with Crippen molar-refractivity contribution in [1.82, 2.24) is 0 Å². The Morgan fingerprint density at radius 1 is 0.900 bits per heavy atom. The van der Waals surface area contributed by atoms with Crippen LogP contribution in [0.5, 0.6) is 0 Å². The molecule has 0 bridgehead atoms. The van der Waals surface area contributed by atoms with Crippen molar-refractivity contribution < 1.29 is 9.59 Å². The molecule has 0 aromatic heterocycles. The average Bonchev–Trinajstić information content (AvgIpc) is 2.71. The minimum atomic E-state index is -0.498. The van der Waals surface area contributed by atoms with E-state index in [4.69, 9.17) is 5.73 Å². The fourth-order valence-corrected chi connectivity index (χ4v) is 3.83. The molecule has 4 N–H and O–H groups in total. The van der Waals surface area contributed by atoms with Gasteiger partial charge in [0.15, 0.2) is 0 Å². The maximum absolute atomic E-state index is 12.4. The zero-order valence-electron chi connectivity index (χ0n) is 17.2. The molecule has 0 radical (unpaired) electrons. The van der Waals surface area contributed by atoms with E-state index in [-0.39, 0.29) is 5.91 Å². The van der Waals surface area contributed by atoms with E-state index in [1.165, 1.54) is 16.0 Å². The summed E-state index contributed by atoms with van der Waals surface area (Å²) < 4.78 is 0. The van der Waals surface area contributed by atoms with Crippen LogP contribution in [0.3, 0.4) is 0 Å². The maximum atomic E-state index is 12.4. The van der Waals surface area contributed by atoms with Gasteiger partial charge in [0.2, 0.25) is 11.8 Å². The number of benzene rings is 3. The number of aryl methyl sites for hydroxylation is 2. The number of nitrogens with one attached hydrogen (secondary N) is 2. The molecular weight excluding hydrogens is 394 g/mol. The minimum Gasteiger partial charge on any atom is -0.374 e. The van der Waals surface area contributed by atoms with Gasteiger partial charge < -0.3 is 16.4 Å². The van der Waals surface area contributed by atoms with Crippen molar-refractivity contribution in [2.75, 3.05) is 10.6 Å². The molecule has 1 atom stereocenters. The van der Waals surface area contributed by atoms with Crippen molar-refractivity contribution in [3.63, 3.8) is 0 Å². The predicted octanol–water partition coefficient (Wildman–Crippen LogP) is 4.99. The second kappa shape index (κ2) is 9.50. The number of anilines is 2. The first kappa shape index (κ1) is 21.5. The molecule has 0 saturated heterocycles. The first-order valence-corrected chi connectivity index (χ1v) is 10.5. The number of primary amides is 1. The molecule has 0 heterocycles. The molecular formula is C24H25N3O2S. The molecule has 0 aliphatic heterocycles. The monoisotopic (exact) mass is 419 g/mol. The predicted molar refractivity (Wildman–Crippen MR) is 123 cm³/mol. The van der Waals surface area contributed by atoms with E-state index in [2.05, 4.69) is 42.7 Å². The van der Waals surface area contributed by atoms with Crippen LogP contribution in [0.2, 0.25) is 0 Å². The molecule has 6 heteroatoms. The van der Waals surface area contributed by atoms with E-state index >= 15 is 0 Å². The molecule has 0 fully saturated rings. The van der Waals surface area contributed by atoms with Gasteiger partial charge in [-0.25, -0.2) is 0 Å². The van der Waals surface area contributed by atoms with Crippen molar-refractivity contribution in [2.45, 2.75) is 36.6 Å². The molecule has 3 aromatic carbocycles. The van der Waals surface area contributed by atoms with Crippen molar-refractivity contribution >= 4 is 35.0 Å². The van der Waals surface area contributed by atoms with Gasteiger partial charge in [0, 0.05) is 26.7 Å². The van der Waals surface area contributed by atoms with Gasteiger partial charge in [-0.1, -0.05) is 29.5 Å². The Balaban J connectivity index is 1.57. The van der Waals surface area contributed by atoms with Crippen LogP contribution in [-0.4, -0.2) is 17.9 Å². The van der Waals surface area contributed by atoms with Gasteiger partial charge in [-0.05, 0) is 80.9 Å². The summed E-state index contributed by atoms with van der Waals surface area (Å²) >= 11 is 1.72. The van der Waals surface area contributed by atoms with Crippen LogP contribution < -0.4 is 16.4 Å². The van der Waals surface area contributed by atoms with Crippen LogP contribution in [0.25, 0.3) is 0 Å². The lowest BCUT2D eigenvalue weighted by atomic mass is 10.2. The standard InChI is InChI=1S/C24H25N3O2S/c1-15-4-13-22(16(2)14-15)30-21-11-9-19(10-12-21)26-17(3)24(29)27-20-7-5-18(6-8-20)23(25)28/h4-14,17,26H,1-3H3,(H2,25,28)(H,27,29)/t17-/m0/s1. The van der Waals surface area contributed by atoms with Gasteiger partial charge >= 0.3 is 0 Å². The Labute approximate surface area is 181 Å². The second-order valence-corrected chi connectivity index (χ2v) is 8.31. The average molecular weight is 420 g/mol. The maximum Gasteiger partial charge on any atom is 0.248 e. The Hall–Kier alpha value is -3.25. The van der Waals surface area contributed by atoms with E-state index in [9.17, 15) is 9.59 Å². The third-order valence-electron chi connectivity index (χ3n) is 4.63. The van der Waals surface area contributed by atoms with Crippen LogP contribution in [-0.2, 0) is 4.79 Å². The molecule has 2 amide bonds. The lowest BCUT2D eigenvalue weighted by molar-refractivity contribution is -0.116. The van der Waals surface area contributed by atoms with Gasteiger partial charge in [0.05, 0.1) is 0 Å². The Morgan fingerprint density at radius 2 is 1.53 bits per heavy atom. The highest BCUT2D eigenvalue weighted by Crippen LogP contribution is 2.31. The smallest absolute Gasteiger partial charge is 0.248 e. The lowest BCUT2D eigenvalue weighted by Crippen LogP contribution is -2.31. The van der Waals surface area contributed by atoms with Crippen molar-refractivity contribution in [1.29, 1.82) is 0 Å². The minimum absolute atomic E-state index is 0.171. The fourth-order valence-electron chi connectivity index (χ4n) is 2.94. The number of carbonyl (C=O) groups excluding carboxylic acids is 2. The van der Waals surface area contributed by atoms with Crippen LogP contribution >= 0.6 is 11.8 Å². The summed E-state index contributed by atoms with van der Waals surface area (Å²) in [6, 6.07) is 20.5. The van der Waals surface area contributed by atoms with Crippen molar-refractivity contribution in [3.8, 4) is 0 Å². The molecule has 0 aliphatic carbocycles. The SMILES string of the molecule is Cc1ccc(Sc2ccc(N[C@@H](C)C(=O)Nc3ccc(C(N)=O)cc3)cc2)c(C)c1. The van der Waals surface area contributed by atoms with E-state index in [1.54, 1.807) is 43.0 Å². The van der Waals surface area contributed by atoms with Crippen molar-refractivity contribution in [3.05, 3.63) is 83.4 Å².